The van der Waals surface area contributed by atoms with Crippen LogP contribution >= 0.6 is 0 Å². The van der Waals surface area contributed by atoms with Gasteiger partial charge in [0.05, 0.1) is 33.5 Å². The fraction of sp³-hybridized carbons (Fsp3) is 0.241. The number of hydrogen-bond donors (Lipinski definition) is 3. The number of aromatic amines is 1. The van der Waals surface area contributed by atoms with Gasteiger partial charge in [-0.1, -0.05) is 12.1 Å². The second-order valence-electron chi connectivity index (χ2n) is 9.42. The van der Waals surface area contributed by atoms with Crippen LogP contribution in [-0.4, -0.2) is 27.5 Å². The maximum absolute atomic E-state index is 14.3. The minimum Gasteiger partial charge on any atom is -0.359 e. The van der Waals surface area contributed by atoms with Crippen LogP contribution in [0.3, 0.4) is 0 Å². The van der Waals surface area contributed by atoms with Gasteiger partial charge in [-0.2, -0.15) is 18.4 Å². The predicted octanol–water partition coefficient (Wildman–Crippen LogP) is 5.02. The van der Waals surface area contributed by atoms with Crippen molar-refractivity contribution >= 4 is 28.8 Å². The smallest absolute Gasteiger partial charge is 0.359 e. The third-order valence-electron chi connectivity index (χ3n) is 6.76. The number of unbranched alkanes of at least 4 members (excludes halogenated alkanes) is 1. The number of alkyl halides is 3. The number of anilines is 1. The van der Waals surface area contributed by atoms with E-state index in [2.05, 4.69) is 21.4 Å². The number of benzene rings is 2. The van der Waals surface area contributed by atoms with E-state index in [9.17, 15) is 32.4 Å². The number of nitrogens with one attached hydrogen (secondary N) is 2. The van der Waals surface area contributed by atoms with Gasteiger partial charge in [0, 0.05) is 30.5 Å². The molecule has 0 aliphatic rings. The lowest BCUT2D eigenvalue weighted by Crippen LogP contribution is -2.29. The Bertz CT molecular complexity index is 1670. The number of aromatic nitrogens is 3. The first kappa shape index (κ1) is 30.0. The molecule has 0 saturated carbocycles. The number of pyridine rings is 1. The summed E-state index contributed by atoms with van der Waals surface area (Å²) in [6, 6.07) is 12.6. The van der Waals surface area contributed by atoms with Crippen molar-refractivity contribution in [2.24, 2.45) is 5.84 Å². The molecule has 4 aromatic rings. The Morgan fingerprint density at radius 2 is 2.02 bits per heavy atom. The fourth-order valence-electron chi connectivity index (χ4n) is 4.82. The first-order valence-electron chi connectivity index (χ1n) is 13.0. The maximum atomic E-state index is 14.3. The number of H-pyrrole nitrogens is 1. The molecule has 2 aromatic carbocycles. The third kappa shape index (κ3) is 6.67. The van der Waals surface area contributed by atoms with Gasteiger partial charge in [-0.25, -0.2) is 15.0 Å². The number of allylic oxidation sites excluding steroid dienone is 1. The SMILES string of the molecule is N#Cc1cccc2[nH]c(=O)n(C(CCC/C=C(/c3cccnc3)N(N)c3ccc(C(F)(F)F)c(F)c3)CCNC=O)c12. The highest BCUT2D eigenvalue weighted by molar-refractivity contribution is 5.82. The number of rotatable bonds is 12. The monoisotopic (exact) mass is 581 g/mol. The summed E-state index contributed by atoms with van der Waals surface area (Å²) in [7, 11) is 0. The number of nitrogens with zero attached hydrogens (tertiary/aromatic N) is 4. The van der Waals surface area contributed by atoms with Crippen LogP contribution in [0.1, 0.15) is 48.4 Å². The van der Waals surface area contributed by atoms with Crippen molar-refractivity contribution in [1.82, 2.24) is 19.9 Å². The lowest BCUT2D eigenvalue weighted by atomic mass is 10.0. The largest absolute Gasteiger partial charge is 0.419 e. The van der Waals surface area contributed by atoms with E-state index in [-0.39, 0.29) is 17.4 Å². The van der Waals surface area contributed by atoms with E-state index < -0.39 is 17.6 Å². The molecule has 0 aliphatic carbocycles. The van der Waals surface area contributed by atoms with Gasteiger partial charge in [-0.05, 0) is 68.1 Å². The van der Waals surface area contributed by atoms with E-state index in [0.29, 0.717) is 72.6 Å². The van der Waals surface area contributed by atoms with Crippen LogP contribution in [0, 0.1) is 17.1 Å². The number of imidazole rings is 1. The molecule has 13 heteroatoms. The Morgan fingerprint density at radius 3 is 2.69 bits per heavy atom. The molecule has 0 bridgehead atoms. The zero-order valence-corrected chi connectivity index (χ0v) is 22.2. The Hall–Kier alpha value is -4.96. The third-order valence-corrected chi connectivity index (χ3v) is 6.76. The number of carbonyl (C=O) groups excluding carboxylic acids is 1. The first-order chi connectivity index (χ1) is 20.2. The van der Waals surface area contributed by atoms with E-state index in [1.807, 2.05) is 0 Å². The Balaban J connectivity index is 1.61. The summed E-state index contributed by atoms with van der Waals surface area (Å²) in [5, 5.41) is 13.3. The number of nitrogens with two attached hydrogens (primary N) is 1. The molecule has 1 amide bonds. The van der Waals surface area contributed by atoms with Crippen LogP contribution in [0.15, 0.2) is 71.8 Å². The number of halogens is 4. The first-order valence-corrected chi connectivity index (χ1v) is 13.0. The van der Waals surface area contributed by atoms with Gasteiger partial charge in [-0.3, -0.25) is 19.4 Å². The van der Waals surface area contributed by atoms with Crippen molar-refractivity contribution in [2.45, 2.75) is 37.9 Å². The topological polar surface area (TPSA) is 133 Å². The van der Waals surface area contributed by atoms with Gasteiger partial charge in [-0.15, -0.1) is 0 Å². The lowest BCUT2D eigenvalue weighted by Gasteiger charge is -2.23. The van der Waals surface area contributed by atoms with Gasteiger partial charge in [0.2, 0.25) is 6.41 Å². The number of hydrogen-bond acceptors (Lipinski definition) is 6. The fourth-order valence-corrected chi connectivity index (χ4v) is 4.82. The molecule has 0 aliphatic heterocycles. The molecular formula is C29H27F4N7O2. The number of amides is 1. The molecule has 218 valence electrons. The molecule has 42 heavy (non-hydrogen) atoms. The molecule has 9 nitrogen and oxygen atoms in total. The van der Waals surface area contributed by atoms with Crippen molar-refractivity contribution in [2.75, 3.05) is 11.6 Å². The zero-order chi connectivity index (χ0) is 30.3. The number of hydrazine groups is 1. The number of carbonyl (C=O) groups is 1. The van der Waals surface area contributed by atoms with Gasteiger partial charge in [0.25, 0.3) is 0 Å². The maximum Gasteiger partial charge on any atom is 0.419 e. The van der Waals surface area contributed by atoms with Crippen LogP contribution in [0.25, 0.3) is 16.7 Å². The molecule has 0 radical (unpaired) electrons. The summed E-state index contributed by atoms with van der Waals surface area (Å²) in [6.45, 7) is 0.300. The quantitative estimate of drug-likeness (QED) is 0.0708. The minimum atomic E-state index is -4.84. The van der Waals surface area contributed by atoms with Gasteiger partial charge in [0.1, 0.15) is 11.9 Å². The highest BCUT2D eigenvalue weighted by Gasteiger charge is 2.34. The molecule has 2 aromatic heterocycles. The Kier molecular flexibility index (Phi) is 9.39. The van der Waals surface area contributed by atoms with Gasteiger partial charge < -0.3 is 10.3 Å². The summed E-state index contributed by atoms with van der Waals surface area (Å²) in [4.78, 5) is 30.6. The molecule has 4 rings (SSSR count). The predicted molar refractivity (Wildman–Crippen MR) is 149 cm³/mol. The molecule has 0 saturated heterocycles. The van der Waals surface area contributed by atoms with Crippen LogP contribution < -0.4 is 21.9 Å². The molecule has 2 heterocycles. The standard InChI is InChI=1S/C29H27F4N7O2/c30-24-15-22(10-11-23(24)29(31,32)33)40(35)26(20-6-4-13-36-17-20)9-2-1-7-21(12-14-37-18-41)39-27-19(16-34)5-3-8-25(27)38-28(39)42/h3-6,8-11,13,15,17-18,21H,1-2,7,12,14,35H2,(H,37,41)(H,38,42)/b26-9-. The number of para-hydroxylation sites is 1. The van der Waals surface area contributed by atoms with Crippen molar-refractivity contribution in [1.29, 1.82) is 5.26 Å². The van der Waals surface area contributed by atoms with Gasteiger partial charge >= 0.3 is 11.9 Å². The molecule has 0 fully saturated rings. The van der Waals surface area contributed by atoms with Crippen LogP contribution in [0.5, 0.6) is 0 Å². The summed E-state index contributed by atoms with van der Waals surface area (Å²) >= 11 is 0. The van der Waals surface area contributed by atoms with Crippen LogP contribution in [0.4, 0.5) is 23.2 Å². The second-order valence-corrected chi connectivity index (χ2v) is 9.42. The van der Waals surface area contributed by atoms with E-state index in [4.69, 9.17) is 5.84 Å². The Morgan fingerprint density at radius 1 is 1.21 bits per heavy atom. The molecule has 1 unspecified atom stereocenters. The highest BCUT2D eigenvalue weighted by Crippen LogP contribution is 2.34. The normalized spacial score (nSPS) is 12.6. The van der Waals surface area contributed by atoms with Crippen LogP contribution in [0.2, 0.25) is 0 Å². The highest BCUT2D eigenvalue weighted by atomic mass is 19.4. The van der Waals surface area contributed by atoms with Crippen molar-refractivity contribution in [3.05, 3.63) is 100.0 Å². The molecule has 0 spiro atoms. The zero-order valence-electron chi connectivity index (χ0n) is 22.2. The van der Waals surface area contributed by atoms with E-state index in [1.54, 1.807) is 42.6 Å². The van der Waals surface area contributed by atoms with E-state index in [0.717, 1.165) is 17.1 Å². The molecule has 1 atom stereocenters. The average Bonchev–Trinajstić information content (AvgIpc) is 3.31. The van der Waals surface area contributed by atoms with E-state index in [1.165, 1.54) is 10.8 Å². The molecular weight excluding hydrogens is 554 g/mol. The Labute approximate surface area is 237 Å². The second kappa shape index (κ2) is 13.1. The summed E-state index contributed by atoms with van der Waals surface area (Å²) < 4.78 is 55.0. The minimum absolute atomic E-state index is 0.00259. The van der Waals surface area contributed by atoms with Crippen LogP contribution in [-0.2, 0) is 11.0 Å². The summed E-state index contributed by atoms with van der Waals surface area (Å²) in [5.74, 6) is 4.83. The number of fused-ring (bicyclic) bond motifs is 1. The number of nitriles is 1. The summed E-state index contributed by atoms with van der Waals surface area (Å²) in [5.41, 5.74) is 0.500. The van der Waals surface area contributed by atoms with E-state index >= 15 is 0 Å². The average molecular weight is 582 g/mol. The lowest BCUT2D eigenvalue weighted by molar-refractivity contribution is -0.140. The summed E-state index contributed by atoms with van der Waals surface area (Å²) in [6.07, 6.45) is 2.38. The van der Waals surface area contributed by atoms with Crippen molar-refractivity contribution < 1.29 is 22.4 Å². The molecule has 4 N–H and O–H groups in total. The van der Waals surface area contributed by atoms with Gasteiger partial charge in [0.15, 0.2) is 0 Å². The van der Waals surface area contributed by atoms with Crippen molar-refractivity contribution in [3.8, 4) is 6.07 Å². The van der Waals surface area contributed by atoms with Crippen molar-refractivity contribution in [3.63, 3.8) is 0 Å².